The van der Waals surface area contributed by atoms with Crippen molar-refractivity contribution >= 4 is 17.8 Å². The number of carbonyl (C=O) groups is 3. The molecule has 0 saturated carbocycles. The van der Waals surface area contributed by atoms with Crippen molar-refractivity contribution in [1.82, 2.24) is 5.32 Å². The molecule has 0 aromatic rings. The second kappa shape index (κ2) is 12.6. The Hall–Kier alpha value is -2.77. The van der Waals surface area contributed by atoms with E-state index in [1.807, 2.05) is 0 Å². The van der Waals surface area contributed by atoms with Crippen LogP contribution in [-0.2, 0) is 19.1 Å². The Morgan fingerprint density at radius 3 is 1.72 bits per heavy atom. The molecule has 0 unspecified atom stereocenters. The number of carboxylic acids is 2. The molecule has 0 heterocycles. The Kier molecular flexibility index (Phi) is 11.7. The van der Waals surface area contributed by atoms with E-state index >= 15 is 0 Å². The molecule has 0 aromatic carbocycles. The van der Waals surface area contributed by atoms with E-state index in [1.165, 1.54) is 5.32 Å². The molecule has 0 aromatic heterocycles. The minimum absolute atomic E-state index is 0.311. The second-order valence-corrected chi connectivity index (χ2v) is 7.93. The van der Waals surface area contributed by atoms with Gasteiger partial charge in [0.15, 0.2) is 0 Å². The summed E-state index contributed by atoms with van der Waals surface area (Å²) in [6, 6.07) is -3.35. The Labute approximate surface area is 211 Å². The first-order valence-electron chi connectivity index (χ1n) is 10.5. The Bertz CT molecular complexity index is 916. The third-order valence-electron chi connectivity index (χ3n) is 5.14. The molecule has 0 radical (unpaired) electrons. The van der Waals surface area contributed by atoms with Crippen LogP contribution in [0.15, 0.2) is 11.6 Å². The van der Waals surface area contributed by atoms with Crippen molar-refractivity contribution < 1.29 is 82.0 Å². The summed E-state index contributed by atoms with van der Waals surface area (Å²) >= 11 is 0. The van der Waals surface area contributed by atoms with Crippen molar-refractivity contribution in [1.29, 1.82) is 0 Å². The molecule has 39 heavy (non-hydrogen) atoms. The molecule has 0 bridgehead atoms. The summed E-state index contributed by atoms with van der Waals surface area (Å²) in [6.07, 6.45) is -13.4. The van der Waals surface area contributed by atoms with Crippen LogP contribution in [0.25, 0.3) is 0 Å². The zero-order valence-corrected chi connectivity index (χ0v) is 19.6. The fourth-order valence-corrected chi connectivity index (χ4v) is 2.93. The van der Waals surface area contributed by atoms with E-state index in [-0.39, 0.29) is 5.57 Å². The summed E-state index contributed by atoms with van der Waals surface area (Å²) in [7, 11) is 0. The van der Waals surface area contributed by atoms with E-state index in [0.29, 0.717) is 12.8 Å². The van der Waals surface area contributed by atoms with Gasteiger partial charge in [0.2, 0.25) is 0 Å². The fraction of sp³-hybridized carbons (Fsp3) is 0.737. The lowest BCUT2D eigenvalue weighted by Crippen LogP contribution is -2.68. The number of rotatable bonds is 9. The van der Waals surface area contributed by atoms with Crippen LogP contribution >= 0.6 is 0 Å². The van der Waals surface area contributed by atoms with E-state index in [2.05, 4.69) is 0 Å². The molecule has 20 heteroatoms. The van der Waals surface area contributed by atoms with Gasteiger partial charge in [-0.1, -0.05) is 13.8 Å². The lowest BCUT2D eigenvalue weighted by Gasteiger charge is -2.38. The number of nitrogens with one attached hydrogen (secondary N) is 1. The second-order valence-electron chi connectivity index (χ2n) is 7.93. The molecule has 228 valence electrons. The van der Waals surface area contributed by atoms with Crippen LogP contribution in [0.1, 0.15) is 33.1 Å². The number of hydrogen-bond donors (Lipinski definition) is 4. The predicted octanol–water partition coefficient (Wildman–Crippen LogP) is 3.89. The van der Waals surface area contributed by atoms with Crippen LogP contribution in [0.5, 0.6) is 0 Å². The molecule has 1 rings (SSSR count). The highest BCUT2D eigenvalue weighted by Crippen LogP contribution is 2.53. The quantitative estimate of drug-likeness (QED) is 0.294. The number of amides is 1. The lowest BCUT2D eigenvalue weighted by molar-refractivity contribution is -0.388. The normalized spacial score (nSPS) is 21.0. The van der Waals surface area contributed by atoms with Gasteiger partial charge in [-0.15, -0.1) is 0 Å². The van der Waals surface area contributed by atoms with Gasteiger partial charge in [0.05, 0.1) is 18.2 Å². The summed E-state index contributed by atoms with van der Waals surface area (Å²) in [4.78, 5) is 31.9. The minimum Gasteiger partial charge on any atom is -0.478 e. The molecule has 1 aliphatic carbocycles. The Morgan fingerprint density at radius 2 is 1.38 bits per heavy atom. The molecule has 0 spiro atoms. The molecule has 0 fully saturated rings. The molecule has 8 nitrogen and oxygen atoms in total. The molecular weight excluding hydrogens is 580 g/mol. The predicted molar refractivity (Wildman–Crippen MR) is 104 cm³/mol. The molecular formula is C19H22F12N2O6. The zero-order chi connectivity index (χ0) is 31.4. The molecule has 1 amide bonds. The summed E-state index contributed by atoms with van der Waals surface area (Å²) < 4.78 is 155. The highest BCUT2D eigenvalue weighted by Gasteiger charge is 2.83. The van der Waals surface area contributed by atoms with Gasteiger partial charge in [0, 0.05) is 11.6 Å². The largest absolute Gasteiger partial charge is 0.490 e. The first-order chi connectivity index (χ1) is 17.3. The van der Waals surface area contributed by atoms with Gasteiger partial charge in [-0.2, -0.15) is 52.7 Å². The van der Waals surface area contributed by atoms with Gasteiger partial charge in [-0.3, -0.25) is 4.79 Å². The molecule has 0 saturated heterocycles. The summed E-state index contributed by atoms with van der Waals surface area (Å²) in [5.41, 5.74) is 5.29. The Balaban J connectivity index is 0.00000181. The van der Waals surface area contributed by atoms with Crippen LogP contribution < -0.4 is 11.1 Å². The van der Waals surface area contributed by atoms with Crippen molar-refractivity contribution in [2.75, 3.05) is 0 Å². The summed E-state index contributed by atoms with van der Waals surface area (Å²) in [5.74, 6) is -28.3. The van der Waals surface area contributed by atoms with E-state index < -0.39 is 78.7 Å². The first kappa shape index (κ1) is 36.2. The van der Waals surface area contributed by atoms with Crippen LogP contribution in [0.3, 0.4) is 0 Å². The fourth-order valence-electron chi connectivity index (χ4n) is 2.93. The first-order valence-corrected chi connectivity index (χ1v) is 10.5. The number of halogens is 12. The number of carboxylic acid groups (broad SMARTS) is 2. The number of alkyl halides is 12. The third-order valence-corrected chi connectivity index (χ3v) is 5.14. The van der Waals surface area contributed by atoms with Crippen LogP contribution in [0.4, 0.5) is 52.7 Å². The van der Waals surface area contributed by atoms with Crippen LogP contribution in [-0.4, -0.2) is 82.5 Å². The zero-order valence-electron chi connectivity index (χ0n) is 19.6. The van der Waals surface area contributed by atoms with Gasteiger partial charge in [0.1, 0.15) is 0 Å². The highest BCUT2D eigenvalue weighted by molar-refractivity contribution is 5.88. The summed E-state index contributed by atoms with van der Waals surface area (Å²) in [5, 5.41) is 17.5. The summed E-state index contributed by atoms with van der Waals surface area (Å²) in [6.45, 7) is 3.25. The van der Waals surface area contributed by atoms with Gasteiger partial charge in [-0.25, -0.2) is 9.59 Å². The maximum absolute atomic E-state index is 13.9. The van der Waals surface area contributed by atoms with Crippen molar-refractivity contribution in [3.8, 4) is 0 Å². The number of aliphatic carboxylic acids is 2. The van der Waals surface area contributed by atoms with Gasteiger partial charge in [-0.05, 0) is 25.3 Å². The van der Waals surface area contributed by atoms with E-state index in [1.54, 1.807) is 13.8 Å². The number of ether oxygens (including phenoxy) is 1. The SMILES string of the molecule is CCC(CC)O[C@@H]1C=C(C(=O)O)C[C@H](N)[C@H]1NC(=O)C(F)(F)C(F)(F)C(F)(F)C(F)(F)F.O=C(O)C(F)(F)F. The van der Waals surface area contributed by atoms with Crippen molar-refractivity contribution in [3.05, 3.63) is 11.6 Å². The van der Waals surface area contributed by atoms with Crippen molar-refractivity contribution in [3.63, 3.8) is 0 Å². The molecule has 1 aliphatic rings. The lowest BCUT2D eigenvalue weighted by atomic mass is 9.87. The van der Waals surface area contributed by atoms with Crippen LogP contribution in [0, 0.1) is 0 Å². The number of hydrogen-bond acceptors (Lipinski definition) is 5. The average molecular weight is 602 g/mol. The highest BCUT2D eigenvalue weighted by atomic mass is 19.4. The number of nitrogens with two attached hydrogens (primary N) is 1. The Morgan fingerprint density at radius 1 is 0.949 bits per heavy atom. The topological polar surface area (TPSA) is 139 Å². The van der Waals surface area contributed by atoms with E-state index in [0.717, 1.165) is 6.08 Å². The number of carbonyl (C=O) groups excluding carboxylic acids is 1. The molecule has 0 aliphatic heterocycles. The van der Waals surface area contributed by atoms with E-state index in [9.17, 15) is 62.3 Å². The van der Waals surface area contributed by atoms with Gasteiger partial charge < -0.3 is 26.0 Å². The van der Waals surface area contributed by atoms with Gasteiger partial charge in [0.25, 0.3) is 5.91 Å². The van der Waals surface area contributed by atoms with Gasteiger partial charge >= 0.3 is 42.1 Å². The standard InChI is InChI=1S/C17H21F9N2O4.C2HF3O2/c1-3-8(4-2)32-10-6-7(12(29)30)5-9(27)11(10)28-13(31)14(18,19)15(20,21)16(22,23)17(24,25)26;3-2(4,5)1(6)7/h6,8-11H,3-5,27H2,1-2H3,(H,28,31)(H,29,30);(H,6,7)/t9-,10+,11+;/m0./s1. The minimum atomic E-state index is -7.24. The third kappa shape index (κ3) is 8.36. The monoisotopic (exact) mass is 602 g/mol. The average Bonchev–Trinajstić information content (AvgIpc) is 2.77. The van der Waals surface area contributed by atoms with Crippen molar-refractivity contribution in [2.45, 2.75) is 87.5 Å². The smallest absolute Gasteiger partial charge is 0.478 e. The van der Waals surface area contributed by atoms with E-state index in [4.69, 9.17) is 25.5 Å². The maximum atomic E-state index is 13.9. The van der Waals surface area contributed by atoms with Crippen LogP contribution in [0.2, 0.25) is 0 Å². The molecule has 5 N–H and O–H groups in total. The maximum Gasteiger partial charge on any atom is 0.490 e. The molecule has 3 atom stereocenters. The van der Waals surface area contributed by atoms with Crippen molar-refractivity contribution in [2.24, 2.45) is 5.73 Å².